The highest BCUT2D eigenvalue weighted by molar-refractivity contribution is 6.31. The van der Waals surface area contributed by atoms with E-state index in [9.17, 15) is 4.79 Å². The Kier molecular flexibility index (Phi) is 3.48. The lowest BCUT2D eigenvalue weighted by molar-refractivity contribution is -0.131. The first-order valence-electron chi connectivity index (χ1n) is 3.74. The lowest BCUT2D eigenvalue weighted by Gasteiger charge is -2.01. The standard InChI is InChI=1S/C9H8ClNO3/c1-14-9-7(10)4-6(5-11-9)2-3-8(12)13/h2-5H,1H3,(H,12,13)/b3-2+. The minimum atomic E-state index is -1.02. The summed E-state index contributed by atoms with van der Waals surface area (Å²) in [6.45, 7) is 0. The number of aliphatic carboxylic acids is 1. The quantitative estimate of drug-likeness (QED) is 0.779. The first kappa shape index (κ1) is 10.5. The van der Waals surface area contributed by atoms with Crippen molar-refractivity contribution in [3.8, 4) is 5.88 Å². The summed E-state index contributed by atoms with van der Waals surface area (Å²) in [5.74, 6) is -0.698. The van der Waals surface area contributed by atoms with Gasteiger partial charge in [-0.25, -0.2) is 9.78 Å². The molecule has 0 radical (unpaired) electrons. The first-order valence-corrected chi connectivity index (χ1v) is 4.12. The van der Waals surface area contributed by atoms with Gasteiger partial charge >= 0.3 is 5.97 Å². The van der Waals surface area contributed by atoms with Crippen LogP contribution >= 0.6 is 11.6 Å². The summed E-state index contributed by atoms with van der Waals surface area (Å²) in [7, 11) is 1.46. The number of carboxylic acids is 1. The van der Waals surface area contributed by atoms with Crippen molar-refractivity contribution in [3.63, 3.8) is 0 Å². The largest absolute Gasteiger partial charge is 0.480 e. The Morgan fingerprint density at radius 3 is 2.93 bits per heavy atom. The molecular weight excluding hydrogens is 206 g/mol. The molecule has 1 rings (SSSR count). The molecule has 1 aromatic rings. The molecule has 0 aromatic carbocycles. The number of methoxy groups -OCH3 is 1. The van der Waals surface area contributed by atoms with Gasteiger partial charge in [-0.2, -0.15) is 0 Å². The van der Waals surface area contributed by atoms with Crippen molar-refractivity contribution < 1.29 is 14.6 Å². The van der Waals surface area contributed by atoms with Crippen molar-refractivity contribution in [1.29, 1.82) is 0 Å². The van der Waals surface area contributed by atoms with E-state index in [1.54, 1.807) is 6.07 Å². The van der Waals surface area contributed by atoms with Gasteiger partial charge in [-0.1, -0.05) is 11.6 Å². The average Bonchev–Trinajstić information content (AvgIpc) is 2.15. The lowest BCUT2D eigenvalue weighted by Crippen LogP contribution is -1.90. The SMILES string of the molecule is COc1ncc(/C=C/C(=O)O)cc1Cl. The molecule has 1 aromatic heterocycles. The molecule has 0 fully saturated rings. The van der Waals surface area contributed by atoms with Crippen LogP contribution in [0.25, 0.3) is 6.08 Å². The van der Waals surface area contributed by atoms with Crippen LogP contribution in [-0.4, -0.2) is 23.2 Å². The van der Waals surface area contributed by atoms with Crippen LogP contribution in [0, 0.1) is 0 Å². The minimum absolute atomic E-state index is 0.319. The zero-order valence-electron chi connectivity index (χ0n) is 7.40. The van der Waals surface area contributed by atoms with Crippen LogP contribution < -0.4 is 4.74 Å². The zero-order chi connectivity index (χ0) is 10.6. The third-order valence-corrected chi connectivity index (χ3v) is 1.71. The normalized spacial score (nSPS) is 10.4. The van der Waals surface area contributed by atoms with Crippen LogP contribution in [0.15, 0.2) is 18.3 Å². The monoisotopic (exact) mass is 213 g/mol. The minimum Gasteiger partial charge on any atom is -0.480 e. The molecule has 0 bridgehead atoms. The van der Waals surface area contributed by atoms with Crippen molar-refractivity contribution >= 4 is 23.6 Å². The second kappa shape index (κ2) is 4.62. The summed E-state index contributed by atoms with van der Waals surface area (Å²) in [6.07, 6.45) is 3.89. The van der Waals surface area contributed by atoms with E-state index in [0.29, 0.717) is 16.5 Å². The summed E-state index contributed by atoms with van der Waals surface area (Å²) < 4.78 is 4.84. The van der Waals surface area contributed by atoms with Gasteiger partial charge in [0, 0.05) is 12.3 Å². The van der Waals surface area contributed by atoms with Crippen molar-refractivity contribution in [2.45, 2.75) is 0 Å². The van der Waals surface area contributed by atoms with Crippen molar-refractivity contribution in [3.05, 3.63) is 28.9 Å². The fourth-order valence-corrected chi connectivity index (χ4v) is 1.10. The van der Waals surface area contributed by atoms with Crippen LogP contribution in [0.2, 0.25) is 5.02 Å². The second-order valence-corrected chi connectivity index (χ2v) is 2.84. The number of carboxylic acid groups (broad SMARTS) is 1. The van der Waals surface area contributed by atoms with Crippen molar-refractivity contribution in [1.82, 2.24) is 4.98 Å². The van der Waals surface area contributed by atoms with E-state index in [4.69, 9.17) is 21.4 Å². The number of pyridine rings is 1. The average molecular weight is 214 g/mol. The summed E-state index contributed by atoms with van der Waals surface area (Å²) in [5, 5.41) is 8.73. The highest BCUT2D eigenvalue weighted by atomic mass is 35.5. The molecule has 0 aliphatic carbocycles. The third-order valence-electron chi connectivity index (χ3n) is 1.44. The Morgan fingerprint density at radius 1 is 1.71 bits per heavy atom. The molecule has 0 saturated carbocycles. The molecular formula is C9H8ClNO3. The van der Waals surface area contributed by atoms with E-state index in [1.807, 2.05) is 0 Å². The molecule has 1 heterocycles. The highest BCUT2D eigenvalue weighted by Crippen LogP contribution is 2.22. The Morgan fingerprint density at radius 2 is 2.43 bits per heavy atom. The maximum Gasteiger partial charge on any atom is 0.328 e. The fourth-order valence-electron chi connectivity index (χ4n) is 0.849. The smallest absolute Gasteiger partial charge is 0.328 e. The van der Waals surface area contributed by atoms with Gasteiger partial charge in [0.05, 0.1) is 7.11 Å². The van der Waals surface area contributed by atoms with E-state index < -0.39 is 5.97 Å². The zero-order valence-corrected chi connectivity index (χ0v) is 8.15. The van der Waals surface area contributed by atoms with Crippen LogP contribution in [0.5, 0.6) is 5.88 Å². The Labute approximate surface area is 85.8 Å². The molecule has 0 amide bonds. The summed E-state index contributed by atoms with van der Waals surface area (Å²) in [4.78, 5) is 14.1. The molecule has 14 heavy (non-hydrogen) atoms. The van der Waals surface area contributed by atoms with Crippen molar-refractivity contribution in [2.75, 3.05) is 7.11 Å². The van der Waals surface area contributed by atoms with Crippen LogP contribution in [0.4, 0.5) is 0 Å². The molecule has 0 unspecified atom stereocenters. The van der Waals surface area contributed by atoms with Crippen LogP contribution in [0.3, 0.4) is 0 Å². The number of rotatable bonds is 3. The molecule has 0 saturated heterocycles. The van der Waals surface area contributed by atoms with Crippen LogP contribution in [-0.2, 0) is 4.79 Å². The van der Waals surface area contributed by atoms with Crippen LogP contribution in [0.1, 0.15) is 5.56 Å². The van der Waals surface area contributed by atoms with Gasteiger partial charge in [0.25, 0.3) is 0 Å². The maximum atomic E-state index is 10.2. The number of hydrogen-bond acceptors (Lipinski definition) is 3. The van der Waals surface area contributed by atoms with Gasteiger partial charge in [-0.05, 0) is 17.7 Å². The van der Waals surface area contributed by atoms with Gasteiger partial charge in [0.2, 0.25) is 5.88 Å². The number of halogens is 1. The number of ether oxygens (including phenoxy) is 1. The molecule has 0 spiro atoms. The molecule has 0 atom stereocenters. The molecule has 5 heteroatoms. The predicted molar refractivity (Wildman–Crippen MR) is 52.5 cm³/mol. The first-order chi connectivity index (χ1) is 6.63. The predicted octanol–water partition coefficient (Wildman–Crippen LogP) is 1.84. The highest BCUT2D eigenvalue weighted by Gasteiger charge is 2.01. The Bertz CT molecular complexity index is 376. The van der Waals surface area contributed by atoms with Gasteiger partial charge < -0.3 is 9.84 Å². The summed E-state index contributed by atoms with van der Waals surface area (Å²) >= 11 is 5.78. The van der Waals surface area contributed by atoms with E-state index in [1.165, 1.54) is 19.4 Å². The molecule has 74 valence electrons. The topological polar surface area (TPSA) is 59.4 Å². The third kappa shape index (κ3) is 2.74. The van der Waals surface area contributed by atoms with E-state index in [0.717, 1.165) is 6.08 Å². The van der Waals surface area contributed by atoms with Gasteiger partial charge in [0.1, 0.15) is 5.02 Å². The number of aromatic nitrogens is 1. The van der Waals surface area contributed by atoms with E-state index in [2.05, 4.69) is 4.98 Å². The second-order valence-electron chi connectivity index (χ2n) is 2.43. The maximum absolute atomic E-state index is 10.2. The van der Waals surface area contributed by atoms with Gasteiger partial charge in [-0.15, -0.1) is 0 Å². The molecule has 1 N–H and O–H groups in total. The number of nitrogens with zero attached hydrogens (tertiary/aromatic N) is 1. The van der Waals surface area contributed by atoms with Crippen molar-refractivity contribution in [2.24, 2.45) is 0 Å². The van der Waals surface area contributed by atoms with Gasteiger partial charge in [-0.3, -0.25) is 0 Å². The fraction of sp³-hybridized carbons (Fsp3) is 0.111. The van der Waals surface area contributed by atoms with E-state index >= 15 is 0 Å². The lowest BCUT2D eigenvalue weighted by atomic mass is 10.2. The summed E-state index contributed by atoms with van der Waals surface area (Å²) in [5.41, 5.74) is 0.609. The summed E-state index contributed by atoms with van der Waals surface area (Å²) in [6, 6.07) is 1.58. The van der Waals surface area contributed by atoms with E-state index in [-0.39, 0.29) is 0 Å². The number of carbonyl (C=O) groups is 1. The Hall–Kier alpha value is -1.55. The molecule has 4 nitrogen and oxygen atoms in total. The molecule has 0 aliphatic rings. The Balaban J connectivity index is 2.91. The molecule has 0 aliphatic heterocycles. The number of hydrogen-bond donors (Lipinski definition) is 1. The van der Waals surface area contributed by atoms with Gasteiger partial charge in [0.15, 0.2) is 0 Å².